The Morgan fingerprint density at radius 2 is 0.647 bits per heavy atom. The Labute approximate surface area is 201 Å². The first-order chi connectivity index (χ1) is 16.6. The van der Waals surface area contributed by atoms with Crippen LogP contribution in [-0.4, -0.2) is 0 Å². The lowest BCUT2D eigenvalue weighted by molar-refractivity contribution is 0.687. The van der Waals surface area contributed by atoms with Crippen molar-refractivity contribution in [2.75, 3.05) is 0 Å². The summed E-state index contributed by atoms with van der Waals surface area (Å²) >= 11 is 0. The van der Waals surface area contributed by atoms with Crippen LogP contribution in [0.15, 0.2) is 121 Å². The van der Waals surface area contributed by atoms with E-state index in [1.165, 1.54) is 55.6 Å². The van der Waals surface area contributed by atoms with Crippen molar-refractivity contribution >= 4 is 0 Å². The zero-order valence-electron chi connectivity index (χ0n) is 19.5. The minimum absolute atomic E-state index is 0.183. The van der Waals surface area contributed by atoms with Crippen LogP contribution in [0.2, 0.25) is 0 Å². The monoisotopic (exact) mass is 434 g/mol. The molecule has 2 aliphatic carbocycles. The molecule has 0 atom stereocenters. The number of hydrogen-bond donors (Lipinski definition) is 0. The lowest BCUT2D eigenvalue weighted by Gasteiger charge is -2.32. The van der Waals surface area contributed by atoms with E-state index in [1.807, 2.05) is 0 Å². The summed E-state index contributed by atoms with van der Waals surface area (Å²) in [5.74, 6) is 0. The smallest absolute Gasteiger partial charge is 0.0435 e. The van der Waals surface area contributed by atoms with Crippen molar-refractivity contribution in [3.05, 3.63) is 155 Å². The molecule has 0 heteroatoms. The lowest BCUT2D eigenvalue weighted by atomic mass is 9.70. The van der Waals surface area contributed by atoms with Crippen LogP contribution in [0.5, 0.6) is 0 Å². The Morgan fingerprint density at radius 1 is 0.353 bits per heavy atom. The van der Waals surface area contributed by atoms with Gasteiger partial charge in [0.15, 0.2) is 0 Å². The largest absolute Gasteiger partial charge is 0.0619 e. The molecule has 7 rings (SSSR count). The standard InChI is InChI=1S/C34H26/c1-33(29-18-7-3-14-25(29)26-15-4-8-19-30(26)33)23-12-11-13-24(22-23)34(2)31-20-9-5-16-27(31)28-17-6-10-21-32(28)34/h3-22H,1-2H3. The molecule has 0 aliphatic heterocycles. The number of rotatable bonds is 2. The molecule has 0 N–H and O–H groups in total. The molecule has 0 spiro atoms. The van der Waals surface area contributed by atoms with Crippen LogP contribution in [0.4, 0.5) is 0 Å². The summed E-state index contributed by atoms with van der Waals surface area (Å²) in [6.07, 6.45) is 0. The summed E-state index contributed by atoms with van der Waals surface area (Å²) in [6.45, 7) is 4.80. The van der Waals surface area contributed by atoms with Crippen molar-refractivity contribution in [2.45, 2.75) is 24.7 Å². The number of hydrogen-bond acceptors (Lipinski definition) is 0. The molecule has 2 aliphatic rings. The van der Waals surface area contributed by atoms with Crippen LogP contribution in [0.1, 0.15) is 47.2 Å². The third-order valence-corrected chi connectivity index (χ3v) is 8.46. The maximum absolute atomic E-state index is 2.47. The van der Waals surface area contributed by atoms with E-state index in [2.05, 4.69) is 135 Å². The van der Waals surface area contributed by atoms with E-state index in [0.29, 0.717) is 0 Å². The molecule has 0 amide bonds. The normalized spacial score (nSPS) is 15.8. The molecule has 0 heterocycles. The molecule has 0 saturated heterocycles. The van der Waals surface area contributed by atoms with Gasteiger partial charge in [0.1, 0.15) is 0 Å². The van der Waals surface area contributed by atoms with Gasteiger partial charge in [0, 0.05) is 10.8 Å². The highest BCUT2D eigenvalue weighted by Crippen LogP contribution is 2.55. The average Bonchev–Trinajstić information content (AvgIpc) is 3.33. The fraction of sp³-hybridized carbons (Fsp3) is 0.118. The SMILES string of the molecule is CC1(c2cccc(C3(C)c4ccccc4-c4ccccc43)c2)c2ccccc2-c2ccccc21. The summed E-state index contributed by atoms with van der Waals surface area (Å²) in [5, 5.41) is 0. The van der Waals surface area contributed by atoms with E-state index in [-0.39, 0.29) is 10.8 Å². The Bertz CT molecular complexity index is 1380. The van der Waals surface area contributed by atoms with Crippen LogP contribution >= 0.6 is 0 Å². The molecule has 5 aromatic carbocycles. The predicted molar refractivity (Wildman–Crippen MR) is 141 cm³/mol. The molecule has 0 bridgehead atoms. The van der Waals surface area contributed by atoms with Gasteiger partial charge >= 0.3 is 0 Å². The van der Waals surface area contributed by atoms with Gasteiger partial charge in [-0.3, -0.25) is 0 Å². The van der Waals surface area contributed by atoms with Crippen molar-refractivity contribution in [2.24, 2.45) is 0 Å². The van der Waals surface area contributed by atoms with Gasteiger partial charge in [0.2, 0.25) is 0 Å². The first kappa shape index (κ1) is 19.6. The van der Waals surface area contributed by atoms with Crippen LogP contribution in [-0.2, 0) is 10.8 Å². The second-order valence-electron chi connectivity index (χ2n) is 10.0. The topological polar surface area (TPSA) is 0 Å². The van der Waals surface area contributed by atoms with Crippen molar-refractivity contribution in [1.82, 2.24) is 0 Å². The van der Waals surface area contributed by atoms with E-state index >= 15 is 0 Å². The summed E-state index contributed by atoms with van der Waals surface area (Å²) in [6, 6.07) is 45.0. The van der Waals surface area contributed by atoms with Gasteiger partial charge < -0.3 is 0 Å². The van der Waals surface area contributed by atoms with Gasteiger partial charge in [-0.25, -0.2) is 0 Å². The Balaban J connectivity index is 1.48. The van der Waals surface area contributed by atoms with Crippen molar-refractivity contribution in [3.8, 4) is 22.3 Å². The average molecular weight is 435 g/mol. The maximum atomic E-state index is 2.47. The summed E-state index contributed by atoms with van der Waals surface area (Å²) in [5.41, 5.74) is 13.3. The zero-order chi connectivity index (χ0) is 22.9. The molecule has 0 saturated carbocycles. The van der Waals surface area contributed by atoms with Gasteiger partial charge in [-0.2, -0.15) is 0 Å². The predicted octanol–water partition coefficient (Wildman–Crippen LogP) is 8.36. The van der Waals surface area contributed by atoms with Crippen molar-refractivity contribution in [1.29, 1.82) is 0 Å². The molecule has 0 fully saturated rings. The van der Waals surface area contributed by atoms with Gasteiger partial charge in [0.05, 0.1) is 0 Å². The fourth-order valence-electron chi connectivity index (χ4n) is 6.67. The molecule has 0 nitrogen and oxygen atoms in total. The van der Waals surface area contributed by atoms with E-state index in [4.69, 9.17) is 0 Å². The Hall–Kier alpha value is -3.90. The van der Waals surface area contributed by atoms with E-state index in [9.17, 15) is 0 Å². The lowest BCUT2D eigenvalue weighted by Crippen LogP contribution is -2.26. The van der Waals surface area contributed by atoms with E-state index in [0.717, 1.165) is 0 Å². The summed E-state index contributed by atoms with van der Waals surface area (Å²) in [4.78, 5) is 0. The first-order valence-electron chi connectivity index (χ1n) is 12.1. The highest BCUT2D eigenvalue weighted by molar-refractivity contribution is 5.85. The second kappa shape index (κ2) is 6.81. The minimum atomic E-state index is -0.183. The van der Waals surface area contributed by atoms with Crippen molar-refractivity contribution in [3.63, 3.8) is 0 Å². The van der Waals surface area contributed by atoms with Crippen LogP contribution in [0, 0.1) is 0 Å². The molecule has 0 unspecified atom stereocenters. The molecule has 5 aromatic rings. The van der Waals surface area contributed by atoms with Gasteiger partial charge in [-0.1, -0.05) is 121 Å². The zero-order valence-corrected chi connectivity index (χ0v) is 19.5. The third-order valence-electron chi connectivity index (χ3n) is 8.46. The third kappa shape index (κ3) is 2.33. The first-order valence-corrected chi connectivity index (χ1v) is 12.1. The second-order valence-corrected chi connectivity index (χ2v) is 10.0. The molecule has 0 radical (unpaired) electrons. The van der Waals surface area contributed by atoms with Gasteiger partial charge in [-0.05, 0) is 69.5 Å². The highest BCUT2D eigenvalue weighted by atomic mass is 14.5. The summed E-state index contributed by atoms with van der Waals surface area (Å²) in [7, 11) is 0. The summed E-state index contributed by atoms with van der Waals surface area (Å²) < 4.78 is 0. The molecule has 34 heavy (non-hydrogen) atoms. The minimum Gasteiger partial charge on any atom is -0.0619 e. The Morgan fingerprint density at radius 3 is 0.971 bits per heavy atom. The number of benzene rings is 5. The van der Waals surface area contributed by atoms with Crippen LogP contribution in [0.25, 0.3) is 22.3 Å². The molecular formula is C34H26. The van der Waals surface area contributed by atoms with E-state index in [1.54, 1.807) is 0 Å². The highest BCUT2D eigenvalue weighted by Gasteiger charge is 2.43. The quantitative estimate of drug-likeness (QED) is 0.262. The van der Waals surface area contributed by atoms with Gasteiger partial charge in [0.25, 0.3) is 0 Å². The van der Waals surface area contributed by atoms with Crippen LogP contribution < -0.4 is 0 Å². The van der Waals surface area contributed by atoms with Crippen molar-refractivity contribution < 1.29 is 0 Å². The molecule has 162 valence electrons. The fourth-order valence-corrected chi connectivity index (χ4v) is 6.67. The Kier molecular flexibility index (Phi) is 3.92. The molecule has 0 aromatic heterocycles. The van der Waals surface area contributed by atoms with Gasteiger partial charge in [-0.15, -0.1) is 0 Å². The van der Waals surface area contributed by atoms with Crippen LogP contribution in [0.3, 0.4) is 0 Å². The number of fused-ring (bicyclic) bond motifs is 6. The molecular weight excluding hydrogens is 408 g/mol. The maximum Gasteiger partial charge on any atom is 0.0435 e. The van der Waals surface area contributed by atoms with E-state index < -0.39 is 0 Å².